The van der Waals surface area contributed by atoms with Crippen molar-refractivity contribution < 1.29 is 19.1 Å². The summed E-state index contributed by atoms with van der Waals surface area (Å²) in [4.78, 5) is 28.8. The summed E-state index contributed by atoms with van der Waals surface area (Å²) in [7, 11) is 3.19. The topological polar surface area (TPSA) is 55.8 Å². The lowest BCUT2D eigenvalue weighted by molar-refractivity contribution is -0.121. The summed E-state index contributed by atoms with van der Waals surface area (Å²) in [6.45, 7) is 8.29. The van der Waals surface area contributed by atoms with E-state index in [1.165, 1.54) is 5.56 Å². The predicted molar refractivity (Wildman–Crippen MR) is 125 cm³/mol. The van der Waals surface area contributed by atoms with Crippen LogP contribution in [0.4, 0.5) is 5.69 Å². The maximum absolute atomic E-state index is 13.5. The van der Waals surface area contributed by atoms with E-state index in [-0.39, 0.29) is 29.4 Å². The third-order valence-corrected chi connectivity index (χ3v) is 6.70. The van der Waals surface area contributed by atoms with Crippen molar-refractivity contribution in [3.63, 3.8) is 0 Å². The van der Waals surface area contributed by atoms with Crippen LogP contribution in [0.1, 0.15) is 55.7 Å². The molecule has 2 aliphatic rings. The molecule has 5 heteroatoms. The van der Waals surface area contributed by atoms with Gasteiger partial charge in [-0.05, 0) is 66.6 Å². The number of rotatable bonds is 4. The number of nitrogens with zero attached hydrogens (tertiary/aromatic N) is 1. The molecular formula is C27H31NO4. The summed E-state index contributed by atoms with van der Waals surface area (Å²) >= 11 is 0. The molecule has 0 fully saturated rings. The summed E-state index contributed by atoms with van der Waals surface area (Å²) in [5, 5.41) is 0. The number of methoxy groups -OCH3 is 2. The number of carbonyl (C=O) groups is 2. The van der Waals surface area contributed by atoms with E-state index in [4.69, 9.17) is 9.47 Å². The van der Waals surface area contributed by atoms with Gasteiger partial charge in [-0.1, -0.05) is 26.0 Å². The van der Waals surface area contributed by atoms with E-state index in [2.05, 4.69) is 20.8 Å². The molecule has 1 aliphatic heterocycles. The van der Waals surface area contributed by atoms with Crippen molar-refractivity contribution in [2.24, 2.45) is 5.41 Å². The van der Waals surface area contributed by atoms with E-state index in [0.717, 1.165) is 28.1 Å². The Hall–Kier alpha value is -3.08. The van der Waals surface area contributed by atoms with Gasteiger partial charge in [0.05, 0.1) is 14.2 Å². The molecule has 0 radical (unpaired) electrons. The molecule has 32 heavy (non-hydrogen) atoms. The Balaban J connectivity index is 1.89. The molecule has 0 saturated heterocycles. The predicted octanol–water partition coefficient (Wildman–Crippen LogP) is 5.48. The number of carbonyl (C=O) groups excluding carboxylic acids is 2. The normalized spacial score (nSPS) is 20.3. The van der Waals surface area contributed by atoms with E-state index in [1.54, 1.807) is 19.1 Å². The minimum Gasteiger partial charge on any atom is -0.493 e. The highest BCUT2D eigenvalue weighted by atomic mass is 16.5. The summed E-state index contributed by atoms with van der Waals surface area (Å²) in [6, 6.07) is 11.7. The number of amides is 1. The van der Waals surface area contributed by atoms with Crippen molar-refractivity contribution in [3.05, 3.63) is 64.4 Å². The summed E-state index contributed by atoms with van der Waals surface area (Å²) < 4.78 is 10.9. The maximum Gasteiger partial charge on any atom is 0.232 e. The lowest BCUT2D eigenvalue weighted by atomic mass is 9.69. The van der Waals surface area contributed by atoms with Gasteiger partial charge in [-0.25, -0.2) is 0 Å². The molecule has 2 aromatic rings. The first-order chi connectivity index (χ1) is 15.1. The molecule has 1 atom stereocenters. The average Bonchev–Trinajstić information content (AvgIpc) is 2.73. The minimum absolute atomic E-state index is 0.0114. The van der Waals surface area contributed by atoms with Gasteiger partial charge in [0.1, 0.15) is 0 Å². The smallest absolute Gasteiger partial charge is 0.232 e. The molecule has 5 nitrogen and oxygen atoms in total. The molecule has 0 N–H and O–H groups in total. The molecular weight excluding hydrogens is 402 g/mol. The van der Waals surface area contributed by atoms with E-state index < -0.39 is 0 Å². The fourth-order valence-electron chi connectivity index (χ4n) is 4.93. The molecule has 1 heterocycles. The first kappa shape index (κ1) is 22.1. The van der Waals surface area contributed by atoms with Gasteiger partial charge in [0.15, 0.2) is 17.3 Å². The number of ketones is 1. The molecule has 1 aliphatic carbocycles. The monoisotopic (exact) mass is 433 g/mol. The Bertz CT molecular complexity index is 1130. The van der Waals surface area contributed by atoms with Crippen LogP contribution in [0.5, 0.6) is 11.5 Å². The van der Waals surface area contributed by atoms with Crippen molar-refractivity contribution in [3.8, 4) is 11.5 Å². The SMILES string of the molecule is COc1ccc(C2CC(=O)N(c3ccc(C)c(C)c3)C3=C2C(=O)CC(C)(C)C3)cc1OC. The lowest BCUT2D eigenvalue weighted by Gasteiger charge is -2.43. The van der Waals surface area contributed by atoms with Gasteiger partial charge >= 0.3 is 0 Å². The molecule has 0 bridgehead atoms. The van der Waals surface area contributed by atoms with Crippen molar-refractivity contribution in [2.45, 2.75) is 52.9 Å². The van der Waals surface area contributed by atoms with Crippen LogP contribution in [0.25, 0.3) is 0 Å². The standard InChI is InChI=1S/C27H31NO4/c1-16-7-9-19(11-17(16)2)28-21-14-27(3,4)15-22(29)26(21)20(13-25(28)30)18-8-10-23(31-5)24(12-18)32-6/h7-12,20H,13-15H2,1-6H3. The zero-order valence-corrected chi connectivity index (χ0v) is 19.7. The van der Waals surface area contributed by atoms with Crippen LogP contribution in [-0.2, 0) is 9.59 Å². The largest absolute Gasteiger partial charge is 0.493 e. The van der Waals surface area contributed by atoms with E-state index in [0.29, 0.717) is 24.3 Å². The van der Waals surface area contributed by atoms with Crippen LogP contribution < -0.4 is 14.4 Å². The van der Waals surface area contributed by atoms with Crippen LogP contribution >= 0.6 is 0 Å². The minimum atomic E-state index is -0.288. The Morgan fingerprint density at radius 2 is 1.62 bits per heavy atom. The van der Waals surface area contributed by atoms with E-state index >= 15 is 0 Å². The van der Waals surface area contributed by atoms with Gasteiger partial charge in [0.25, 0.3) is 0 Å². The van der Waals surface area contributed by atoms with Crippen LogP contribution in [0.15, 0.2) is 47.7 Å². The molecule has 1 amide bonds. The molecule has 2 aromatic carbocycles. The third kappa shape index (κ3) is 3.81. The number of aryl methyl sites for hydroxylation is 2. The molecule has 168 valence electrons. The van der Waals surface area contributed by atoms with E-state index in [9.17, 15) is 9.59 Å². The Morgan fingerprint density at radius 1 is 0.906 bits per heavy atom. The number of hydrogen-bond acceptors (Lipinski definition) is 4. The fourth-order valence-corrected chi connectivity index (χ4v) is 4.93. The van der Waals surface area contributed by atoms with Gasteiger partial charge in [-0.3, -0.25) is 14.5 Å². The van der Waals surface area contributed by atoms with Crippen LogP contribution in [-0.4, -0.2) is 25.9 Å². The fraction of sp³-hybridized carbons (Fsp3) is 0.407. The van der Waals surface area contributed by atoms with Gasteiger partial charge < -0.3 is 9.47 Å². The van der Waals surface area contributed by atoms with Gasteiger partial charge in [-0.15, -0.1) is 0 Å². The molecule has 4 rings (SSSR count). The quantitative estimate of drug-likeness (QED) is 0.640. The third-order valence-electron chi connectivity index (χ3n) is 6.70. The number of Topliss-reactive ketones (excluding diaryl/α,β-unsaturated/α-hetero) is 1. The summed E-state index contributed by atoms with van der Waals surface area (Å²) in [5.74, 6) is 1.07. The highest BCUT2D eigenvalue weighted by Gasteiger charge is 2.44. The second-order valence-electron chi connectivity index (χ2n) is 9.67. The van der Waals surface area contributed by atoms with Crippen LogP contribution in [0, 0.1) is 19.3 Å². The van der Waals surface area contributed by atoms with Crippen molar-refractivity contribution in [1.82, 2.24) is 0 Å². The number of hydrogen-bond donors (Lipinski definition) is 0. The number of ether oxygens (including phenoxy) is 2. The number of benzene rings is 2. The first-order valence-electron chi connectivity index (χ1n) is 11.0. The molecule has 0 saturated carbocycles. The van der Waals surface area contributed by atoms with Gasteiger partial charge in [0, 0.05) is 35.7 Å². The second-order valence-corrected chi connectivity index (χ2v) is 9.67. The van der Waals surface area contributed by atoms with Crippen LogP contribution in [0.2, 0.25) is 0 Å². The highest BCUT2D eigenvalue weighted by Crippen LogP contribution is 2.49. The highest BCUT2D eigenvalue weighted by molar-refractivity contribution is 6.07. The van der Waals surface area contributed by atoms with Crippen molar-refractivity contribution >= 4 is 17.4 Å². The zero-order chi connectivity index (χ0) is 23.2. The second kappa shape index (κ2) is 8.12. The summed E-state index contributed by atoms with van der Waals surface area (Å²) in [5.41, 5.74) is 5.43. The molecule has 1 unspecified atom stereocenters. The van der Waals surface area contributed by atoms with Crippen molar-refractivity contribution in [1.29, 1.82) is 0 Å². The van der Waals surface area contributed by atoms with Crippen LogP contribution in [0.3, 0.4) is 0 Å². The zero-order valence-electron chi connectivity index (χ0n) is 19.7. The van der Waals surface area contributed by atoms with Crippen molar-refractivity contribution in [2.75, 3.05) is 19.1 Å². The Kier molecular flexibility index (Phi) is 5.61. The summed E-state index contributed by atoms with van der Waals surface area (Å²) in [6.07, 6.45) is 1.40. The molecule has 0 aromatic heterocycles. The lowest BCUT2D eigenvalue weighted by Crippen LogP contribution is -2.43. The van der Waals surface area contributed by atoms with Gasteiger partial charge in [0.2, 0.25) is 5.91 Å². The van der Waals surface area contributed by atoms with E-state index in [1.807, 2.05) is 43.3 Å². The average molecular weight is 434 g/mol. The van der Waals surface area contributed by atoms with Gasteiger partial charge in [-0.2, -0.15) is 0 Å². The maximum atomic E-state index is 13.5. The number of anilines is 1. The first-order valence-corrected chi connectivity index (χ1v) is 11.0. The Morgan fingerprint density at radius 3 is 2.28 bits per heavy atom. The molecule has 0 spiro atoms. The Labute approximate surface area is 190 Å². The number of allylic oxidation sites excluding steroid dienone is 2.